The van der Waals surface area contributed by atoms with Gasteiger partial charge in [-0.05, 0) is 38.1 Å². The van der Waals surface area contributed by atoms with E-state index in [0.717, 1.165) is 12.5 Å². The molecule has 0 saturated carbocycles. The van der Waals surface area contributed by atoms with Gasteiger partial charge in [0.1, 0.15) is 0 Å². The summed E-state index contributed by atoms with van der Waals surface area (Å²) < 4.78 is 0. The summed E-state index contributed by atoms with van der Waals surface area (Å²) in [5, 5.41) is 3.64. The van der Waals surface area contributed by atoms with Gasteiger partial charge in [-0.2, -0.15) is 0 Å². The summed E-state index contributed by atoms with van der Waals surface area (Å²) in [5.41, 5.74) is 0.419. The third-order valence-electron chi connectivity index (χ3n) is 4.63. The molecule has 1 N–H and O–H groups in total. The third-order valence-corrected chi connectivity index (χ3v) is 4.63. The second-order valence-corrected chi connectivity index (χ2v) is 6.64. The first-order valence-electron chi connectivity index (χ1n) is 7.71. The lowest BCUT2D eigenvalue weighted by Gasteiger charge is -2.40. The SMILES string of the molecule is CCC(CC)(CNC(C)C)CN(C)C(C)C(C)C. The fraction of sp³-hybridized carbons (Fsp3) is 1.00. The molecule has 0 amide bonds. The topological polar surface area (TPSA) is 15.3 Å². The van der Waals surface area contributed by atoms with E-state index in [4.69, 9.17) is 0 Å². The van der Waals surface area contributed by atoms with Crippen LogP contribution in [0.3, 0.4) is 0 Å². The molecule has 0 radical (unpaired) electrons. The van der Waals surface area contributed by atoms with Crippen molar-refractivity contribution in [2.75, 3.05) is 20.1 Å². The summed E-state index contributed by atoms with van der Waals surface area (Å²) in [6, 6.07) is 1.23. The zero-order valence-electron chi connectivity index (χ0n) is 14.0. The van der Waals surface area contributed by atoms with Crippen LogP contribution in [0.5, 0.6) is 0 Å². The van der Waals surface area contributed by atoms with Crippen LogP contribution in [0.2, 0.25) is 0 Å². The zero-order valence-corrected chi connectivity index (χ0v) is 14.0. The Labute approximate surface area is 116 Å². The van der Waals surface area contributed by atoms with Gasteiger partial charge in [-0.25, -0.2) is 0 Å². The van der Waals surface area contributed by atoms with Gasteiger partial charge in [0.2, 0.25) is 0 Å². The highest BCUT2D eigenvalue weighted by Crippen LogP contribution is 2.28. The van der Waals surface area contributed by atoms with Gasteiger partial charge in [0, 0.05) is 25.2 Å². The first-order chi connectivity index (χ1) is 8.28. The molecule has 0 aromatic carbocycles. The summed E-state index contributed by atoms with van der Waals surface area (Å²) in [4.78, 5) is 2.54. The minimum absolute atomic E-state index is 0.419. The fourth-order valence-corrected chi connectivity index (χ4v) is 2.38. The molecule has 1 atom stereocenters. The van der Waals surface area contributed by atoms with E-state index in [-0.39, 0.29) is 0 Å². The molecule has 0 rings (SSSR count). The average molecular weight is 256 g/mol. The van der Waals surface area contributed by atoms with Crippen molar-refractivity contribution >= 4 is 0 Å². The number of nitrogens with zero attached hydrogens (tertiary/aromatic N) is 1. The first-order valence-corrected chi connectivity index (χ1v) is 7.71. The van der Waals surface area contributed by atoms with Crippen LogP contribution in [-0.2, 0) is 0 Å². The normalized spacial score (nSPS) is 14.8. The number of hydrogen-bond donors (Lipinski definition) is 1. The molecule has 2 nitrogen and oxygen atoms in total. The second kappa shape index (κ2) is 8.16. The predicted molar refractivity (Wildman–Crippen MR) is 83.1 cm³/mol. The van der Waals surface area contributed by atoms with E-state index in [1.165, 1.54) is 19.4 Å². The Morgan fingerprint density at radius 2 is 1.50 bits per heavy atom. The maximum Gasteiger partial charge on any atom is 0.00871 e. The van der Waals surface area contributed by atoms with Crippen molar-refractivity contribution in [2.24, 2.45) is 11.3 Å². The van der Waals surface area contributed by atoms with Gasteiger partial charge in [0.05, 0.1) is 0 Å². The molecule has 1 unspecified atom stereocenters. The third kappa shape index (κ3) is 5.71. The van der Waals surface area contributed by atoms with Crippen molar-refractivity contribution < 1.29 is 0 Å². The fourth-order valence-electron chi connectivity index (χ4n) is 2.38. The van der Waals surface area contributed by atoms with Gasteiger partial charge in [-0.3, -0.25) is 0 Å². The lowest BCUT2D eigenvalue weighted by Crippen LogP contribution is -2.47. The molecular formula is C16H36N2. The summed E-state index contributed by atoms with van der Waals surface area (Å²) >= 11 is 0. The number of nitrogens with one attached hydrogen (secondary N) is 1. The Hall–Kier alpha value is -0.0800. The molecule has 18 heavy (non-hydrogen) atoms. The molecule has 0 heterocycles. The first kappa shape index (κ1) is 17.9. The molecule has 2 heteroatoms. The van der Waals surface area contributed by atoms with Gasteiger partial charge in [0.25, 0.3) is 0 Å². The summed E-state index contributed by atoms with van der Waals surface area (Å²) in [7, 11) is 2.28. The Balaban J connectivity index is 4.58. The average Bonchev–Trinajstić information content (AvgIpc) is 2.33. The van der Waals surface area contributed by atoms with E-state index in [1.807, 2.05) is 0 Å². The highest BCUT2D eigenvalue weighted by molar-refractivity contribution is 4.84. The van der Waals surface area contributed by atoms with Gasteiger partial charge < -0.3 is 10.2 Å². The maximum absolute atomic E-state index is 3.64. The zero-order chi connectivity index (χ0) is 14.3. The van der Waals surface area contributed by atoms with E-state index in [2.05, 4.69) is 65.7 Å². The van der Waals surface area contributed by atoms with E-state index >= 15 is 0 Å². The van der Waals surface area contributed by atoms with Crippen LogP contribution in [0, 0.1) is 11.3 Å². The molecule has 0 bridgehead atoms. The van der Waals surface area contributed by atoms with Crippen LogP contribution in [0.15, 0.2) is 0 Å². The molecule has 0 spiro atoms. The molecule has 0 aromatic rings. The largest absolute Gasteiger partial charge is 0.314 e. The van der Waals surface area contributed by atoms with Crippen LogP contribution in [-0.4, -0.2) is 37.1 Å². The summed E-state index contributed by atoms with van der Waals surface area (Å²) in [6.45, 7) is 18.4. The molecule has 0 aliphatic rings. The van der Waals surface area contributed by atoms with Crippen LogP contribution in [0.4, 0.5) is 0 Å². The summed E-state index contributed by atoms with van der Waals surface area (Å²) in [6.07, 6.45) is 2.50. The number of hydrogen-bond acceptors (Lipinski definition) is 2. The smallest absolute Gasteiger partial charge is 0.00871 e. The highest BCUT2D eigenvalue weighted by atomic mass is 15.1. The quantitative estimate of drug-likeness (QED) is 0.675. The molecular weight excluding hydrogens is 220 g/mol. The van der Waals surface area contributed by atoms with Crippen molar-refractivity contribution in [3.05, 3.63) is 0 Å². The van der Waals surface area contributed by atoms with Crippen LogP contribution < -0.4 is 5.32 Å². The Bertz CT molecular complexity index is 207. The second-order valence-electron chi connectivity index (χ2n) is 6.64. The predicted octanol–water partition coefficient (Wildman–Crippen LogP) is 3.77. The minimum atomic E-state index is 0.419. The maximum atomic E-state index is 3.64. The number of rotatable bonds is 9. The molecule has 0 aliphatic carbocycles. The lowest BCUT2D eigenvalue weighted by molar-refractivity contribution is 0.107. The molecule has 0 saturated heterocycles. The van der Waals surface area contributed by atoms with Crippen molar-refractivity contribution in [1.29, 1.82) is 0 Å². The van der Waals surface area contributed by atoms with Gasteiger partial charge in [-0.15, -0.1) is 0 Å². The van der Waals surface area contributed by atoms with Gasteiger partial charge >= 0.3 is 0 Å². The van der Waals surface area contributed by atoms with Crippen molar-refractivity contribution in [3.63, 3.8) is 0 Å². The van der Waals surface area contributed by atoms with Crippen LogP contribution >= 0.6 is 0 Å². The Kier molecular flexibility index (Phi) is 8.13. The van der Waals surface area contributed by atoms with E-state index in [1.54, 1.807) is 0 Å². The van der Waals surface area contributed by atoms with Gasteiger partial charge in [-0.1, -0.05) is 41.5 Å². The molecule has 110 valence electrons. The van der Waals surface area contributed by atoms with Crippen molar-refractivity contribution in [3.8, 4) is 0 Å². The van der Waals surface area contributed by atoms with E-state index in [0.29, 0.717) is 17.5 Å². The Morgan fingerprint density at radius 1 is 1.00 bits per heavy atom. The van der Waals surface area contributed by atoms with Crippen LogP contribution in [0.25, 0.3) is 0 Å². The molecule has 0 fully saturated rings. The monoisotopic (exact) mass is 256 g/mol. The molecule has 0 aromatic heterocycles. The highest BCUT2D eigenvalue weighted by Gasteiger charge is 2.29. The Morgan fingerprint density at radius 3 is 1.83 bits per heavy atom. The van der Waals surface area contributed by atoms with E-state index < -0.39 is 0 Å². The lowest BCUT2D eigenvalue weighted by atomic mass is 9.81. The molecule has 0 aliphatic heterocycles. The van der Waals surface area contributed by atoms with Crippen molar-refractivity contribution in [1.82, 2.24) is 10.2 Å². The standard InChI is InChI=1S/C16H36N2/c1-9-16(10-2,11-17-14(5)6)12-18(8)15(7)13(3)4/h13-15,17H,9-12H2,1-8H3. The van der Waals surface area contributed by atoms with E-state index in [9.17, 15) is 0 Å². The minimum Gasteiger partial charge on any atom is -0.314 e. The van der Waals surface area contributed by atoms with Crippen LogP contribution in [0.1, 0.15) is 61.3 Å². The van der Waals surface area contributed by atoms with Crippen molar-refractivity contribution in [2.45, 2.75) is 73.4 Å². The van der Waals surface area contributed by atoms with Gasteiger partial charge in [0.15, 0.2) is 0 Å². The summed E-state index contributed by atoms with van der Waals surface area (Å²) in [5.74, 6) is 0.722.